The number of aromatic nitrogens is 1. The monoisotopic (exact) mass is 422 g/mol. The van der Waals surface area contributed by atoms with Crippen LogP contribution in [0.4, 0.5) is 11.4 Å². The summed E-state index contributed by atoms with van der Waals surface area (Å²) in [4.78, 5) is 28.8. The van der Waals surface area contributed by atoms with E-state index in [-0.39, 0.29) is 11.8 Å². The predicted octanol–water partition coefficient (Wildman–Crippen LogP) is 4.51. The van der Waals surface area contributed by atoms with Crippen molar-refractivity contribution in [2.75, 3.05) is 11.1 Å². The van der Waals surface area contributed by atoms with E-state index < -0.39 is 0 Å². The highest BCUT2D eigenvalue weighted by Gasteiger charge is 2.09. The number of carbonyl (C=O) groups excluding carboxylic acids is 2. The minimum absolute atomic E-state index is 0.153. The molecule has 2 amide bonds. The number of carbonyl (C=O) groups is 2. The van der Waals surface area contributed by atoms with E-state index in [0.29, 0.717) is 29.0 Å². The van der Waals surface area contributed by atoms with E-state index in [9.17, 15) is 9.59 Å². The smallest absolute Gasteiger partial charge is 0.255 e. The van der Waals surface area contributed by atoms with Crippen LogP contribution >= 0.6 is 0 Å². The van der Waals surface area contributed by atoms with Crippen molar-refractivity contribution in [3.63, 3.8) is 0 Å². The zero-order chi connectivity index (χ0) is 22.3. The summed E-state index contributed by atoms with van der Waals surface area (Å²) < 4.78 is 0. The van der Waals surface area contributed by atoms with Gasteiger partial charge in [0.1, 0.15) is 0 Å². The molecule has 0 aliphatic carbocycles. The predicted molar refractivity (Wildman–Crippen MR) is 126 cm³/mol. The van der Waals surface area contributed by atoms with Crippen LogP contribution < -0.4 is 16.4 Å². The number of nitrogens with zero attached hydrogens (tertiary/aromatic N) is 1. The maximum atomic E-state index is 12.5. The van der Waals surface area contributed by atoms with Crippen molar-refractivity contribution in [2.45, 2.75) is 6.54 Å². The third kappa shape index (κ3) is 4.99. The number of benzene rings is 3. The van der Waals surface area contributed by atoms with Crippen LogP contribution in [-0.2, 0) is 6.54 Å². The molecule has 0 bridgehead atoms. The molecule has 0 saturated carbocycles. The van der Waals surface area contributed by atoms with Gasteiger partial charge in [-0.1, -0.05) is 54.6 Å². The lowest BCUT2D eigenvalue weighted by Gasteiger charge is -2.09. The average molecular weight is 422 g/mol. The van der Waals surface area contributed by atoms with Gasteiger partial charge in [0.25, 0.3) is 11.8 Å². The molecule has 32 heavy (non-hydrogen) atoms. The molecular weight excluding hydrogens is 400 g/mol. The van der Waals surface area contributed by atoms with Gasteiger partial charge in [-0.15, -0.1) is 0 Å². The van der Waals surface area contributed by atoms with Crippen LogP contribution in [0.15, 0.2) is 97.3 Å². The Hall–Kier alpha value is -4.45. The highest BCUT2D eigenvalue weighted by molar-refractivity contribution is 6.05. The highest BCUT2D eigenvalue weighted by Crippen LogP contribution is 2.19. The number of nitrogens with two attached hydrogens (primary N) is 1. The number of hydrogen-bond acceptors (Lipinski definition) is 4. The molecule has 3 aromatic carbocycles. The fourth-order valence-electron chi connectivity index (χ4n) is 3.22. The van der Waals surface area contributed by atoms with Crippen LogP contribution in [0, 0.1) is 0 Å². The summed E-state index contributed by atoms with van der Waals surface area (Å²) in [6.45, 7) is 0.360. The largest absolute Gasteiger partial charge is 0.396 e. The number of hydrogen-bond donors (Lipinski definition) is 3. The van der Waals surface area contributed by atoms with E-state index in [4.69, 9.17) is 5.73 Å². The van der Waals surface area contributed by atoms with Crippen LogP contribution in [0.1, 0.15) is 26.3 Å². The zero-order valence-corrected chi connectivity index (χ0v) is 17.3. The summed E-state index contributed by atoms with van der Waals surface area (Å²) in [6.07, 6.45) is 3.05. The minimum atomic E-state index is -0.267. The second-order valence-corrected chi connectivity index (χ2v) is 7.24. The molecule has 0 spiro atoms. The van der Waals surface area contributed by atoms with Crippen LogP contribution in [0.25, 0.3) is 11.1 Å². The molecule has 4 aromatic rings. The summed E-state index contributed by atoms with van der Waals surface area (Å²) in [5, 5.41) is 5.67. The first-order valence-corrected chi connectivity index (χ1v) is 10.1. The SMILES string of the molecule is Nc1cnccc1NC(=O)c1ccc(CNC(=O)c2ccc(-c3ccccc3)cc2)cc1. The van der Waals surface area contributed by atoms with Crippen LogP contribution in [-0.4, -0.2) is 16.8 Å². The van der Waals surface area contributed by atoms with Gasteiger partial charge < -0.3 is 16.4 Å². The molecule has 4 N–H and O–H groups in total. The summed E-state index contributed by atoms with van der Waals surface area (Å²) in [6, 6.07) is 26.2. The fraction of sp³-hybridized carbons (Fsp3) is 0.0385. The molecule has 0 saturated heterocycles. The van der Waals surface area contributed by atoms with Gasteiger partial charge in [-0.05, 0) is 47.0 Å². The summed E-state index contributed by atoms with van der Waals surface area (Å²) >= 11 is 0. The number of pyridine rings is 1. The molecule has 0 fully saturated rings. The van der Waals surface area contributed by atoms with Gasteiger partial charge in [0.15, 0.2) is 0 Å². The molecule has 1 heterocycles. The third-order valence-electron chi connectivity index (χ3n) is 5.02. The number of anilines is 2. The lowest BCUT2D eigenvalue weighted by molar-refractivity contribution is 0.0950. The van der Waals surface area contributed by atoms with E-state index >= 15 is 0 Å². The molecule has 4 rings (SSSR count). The molecule has 0 aliphatic rings. The Balaban J connectivity index is 1.33. The van der Waals surface area contributed by atoms with Crippen molar-refractivity contribution in [1.29, 1.82) is 0 Å². The zero-order valence-electron chi connectivity index (χ0n) is 17.3. The Morgan fingerprint density at radius 1 is 0.750 bits per heavy atom. The summed E-state index contributed by atoms with van der Waals surface area (Å²) in [5.41, 5.74) is 10.9. The third-order valence-corrected chi connectivity index (χ3v) is 5.02. The first-order valence-electron chi connectivity index (χ1n) is 10.1. The quantitative estimate of drug-likeness (QED) is 0.426. The van der Waals surface area contributed by atoms with Crippen molar-refractivity contribution in [3.05, 3.63) is 114 Å². The first kappa shape index (κ1) is 20.8. The van der Waals surface area contributed by atoms with E-state index in [1.807, 2.05) is 66.7 Å². The van der Waals surface area contributed by atoms with Crippen molar-refractivity contribution in [2.24, 2.45) is 0 Å². The lowest BCUT2D eigenvalue weighted by Crippen LogP contribution is -2.22. The molecule has 158 valence electrons. The Morgan fingerprint density at radius 3 is 2.06 bits per heavy atom. The van der Waals surface area contributed by atoms with Gasteiger partial charge in [-0.2, -0.15) is 0 Å². The second kappa shape index (κ2) is 9.57. The van der Waals surface area contributed by atoms with Gasteiger partial charge in [0.2, 0.25) is 0 Å². The maximum absolute atomic E-state index is 12.5. The van der Waals surface area contributed by atoms with Crippen molar-refractivity contribution in [3.8, 4) is 11.1 Å². The summed E-state index contributed by atoms with van der Waals surface area (Å²) in [7, 11) is 0. The molecule has 0 radical (unpaired) electrons. The maximum Gasteiger partial charge on any atom is 0.255 e. The Labute approximate surface area is 186 Å². The Morgan fingerprint density at radius 2 is 1.38 bits per heavy atom. The van der Waals surface area contributed by atoms with Crippen LogP contribution in [0.2, 0.25) is 0 Å². The second-order valence-electron chi connectivity index (χ2n) is 7.24. The molecule has 1 aromatic heterocycles. The summed E-state index contributed by atoms with van der Waals surface area (Å²) in [5.74, 6) is -0.420. The van der Waals surface area contributed by atoms with E-state index in [1.165, 1.54) is 6.20 Å². The van der Waals surface area contributed by atoms with Crippen LogP contribution in [0.5, 0.6) is 0 Å². The molecule has 6 heteroatoms. The normalized spacial score (nSPS) is 10.4. The fourth-order valence-corrected chi connectivity index (χ4v) is 3.22. The topological polar surface area (TPSA) is 97.1 Å². The first-order chi connectivity index (χ1) is 15.6. The van der Waals surface area contributed by atoms with Gasteiger partial charge in [-0.25, -0.2) is 0 Å². The van der Waals surface area contributed by atoms with Crippen molar-refractivity contribution >= 4 is 23.2 Å². The molecule has 0 atom stereocenters. The molecule has 0 unspecified atom stereocenters. The van der Waals surface area contributed by atoms with Gasteiger partial charge >= 0.3 is 0 Å². The number of nitrogen functional groups attached to an aromatic ring is 1. The van der Waals surface area contributed by atoms with Crippen molar-refractivity contribution < 1.29 is 9.59 Å². The van der Waals surface area contributed by atoms with E-state index in [1.54, 1.807) is 24.4 Å². The Bertz CT molecular complexity index is 1220. The van der Waals surface area contributed by atoms with Crippen LogP contribution in [0.3, 0.4) is 0 Å². The van der Waals surface area contributed by atoms with E-state index in [2.05, 4.69) is 15.6 Å². The van der Waals surface area contributed by atoms with Gasteiger partial charge in [0.05, 0.1) is 17.6 Å². The number of nitrogens with one attached hydrogen (secondary N) is 2. The minimum Gasteiger partial charge on any atom is -0.396 e. The van der Waals surface area contributed by atoms with Gasteiger partial charge in [-0.3, -0.25) is 14.6 Å². The molecule has 6 nitrogen and oxygen atoms in total. The highest BCUT2D eigenvalue weighted by atomic mass is 16.2. The molecular formula is C26H22N4O2. The number of rotatable bonds is 6. The Kier molecular flexibility index (Phi) is 6.22. The lowest BCUT2D eigenvalue weighted by atomic mass is 10.0. The van der Waals surface area contributed by atoms with Crippen molar-refractivity contribution in [1.82, 2.24) is 10.3 Å². The van der Waals surface area contributed by atoms with Gasteiger partial charge in [0, 0.05) is 23.9 Å². The number of amides is 2. The average Bonchev–Trinajstić information content (AvgIpc) is 2.85. The molecule has 0 aliphatic heterocycles. The van der Waals surface area contributed by atoms with E-state index in [0.717, 1.165) is 16.7 Å². The standard InChI is InChI=1S/C26H22N4O2/c27-23-17-28-15-14-24(23)30-26(32)22-8-6-18(7-9-22)16-29-25(31)21-12-10-20(11-13-21)19-4-2-1-3-5-19/h1-15,17H,16,27H2,(H,29,31)(H,28,30,32).